The largest absolute Gasteiger partial charge is 0.298 e. The van der Waals surface area contributed by atoms with Gasteiger partial charge < -0.3 is 0 Å². The molecule has 0 aromatic heterocycles. The van der Waals surface area contributed by atoms with E-state index in [9.17, 15) is 23.3 Å². The van der Waals surface area contributed by atoms with Crippen LogP contribution in [0, 0.1) is 10.1 Å². The molecule has 0 saturated heterocycles. The average molecular weight is 321 g/mol. The van der Waals surface area contributed by atoms with E-state index < -0.39 is 31.6 Å². The quantitative estimate of drug-likeness (QED) is 0.636. The van der Waals surface area contributed by atoms with E-state index in [-0.39, 0.29) is 17.2 Å². The monoisotopic (exact) mass is 320 g/mol. The molecule has 1 atom stereocenters. The van der Waals surface area contributed by atoms with Gasteiger partial charge in [-0.25, -0.2) is 13.1 Å². The van der Waals surface area contributed by atoms with Gasteiger partial charge in [-0.3, -0.25) is 14.9 Å². The summed E-state index contributed by atoms with van der Waals surface area (Å²) >= 11 is 5.62. The lowest BCUT2D eigenvalue weighted by atomic mass is 10.2. The van der Waals surface area contributed by atoms with Gasteiger partial charge in [0.05, 0.1) is 11.0 Å². The first-order chi connectivity index (χ1) is 9.19. The maximum absolute atomic E-state index is 12.1. The van der Waals surface area contributed by atoms with Crippen LogP contribution in [0.3, 0.4) is 0 Å². The first kappa shape index (κ1) is 16.5. The minimum atomic E-state index is -4.18. The molecule has 0 aliphatic heterocycles. The summed E-state index contributed by atoms with van der Waals surface area (Å²) in [6.07, 6.45) is 0.159. The van der Waals surface area contributed by atoms with Crippen molar-refractivity contribution in [3.8, 4) is 0 Å². The number of carbonyl (C=O) groups is 1. The Bertz CT molecular complexity index is 644. The highest BCUT2D eigenvalue weighted by atomic mass is 35.5. The highest BCUT2D eigenvalue weighted by Crippen LogP contribution is 2.27. The number of hydrogen-bond acceptors (Lipinski definition) is 5. The van der Waals surface area contributed by atoms with Gasteiger partial charge in [0.1, 0.15) is 5.78 Å². The van der Waals surface area contributed by atoms with Crippen LogP contribution in [0.5, 0.6) is 0 Å². The van der Waals surface area contributed by atoms with Crippen molar-refractivity contribution in [2.75, 3.05) is 0 Å². The molecule has 0 amide bonds. The zero-order valence-electron chi connectivity index (χ0n) is 10.8. The van der Waals surface area contributed by atoms with Gasteiger partial charge in [0.25, 0.3) is 5.69 Å². The molecule has 0 spiro atoms. The second-order valence-electron chi connectivity index (χ2n) is 4.03. The minimum absolute atomic E-state index is 0.0494. The van der Waals surface area contributed by atoms with Crippen LogP contribution < -0.4 is 4.72 Å². The van der Waals surface area contributed by atoms with E-state index in [1.165, 1.54) is 13.0 Å². The number of nitro groups is 1. The third kappa shape index (κ3) is 3.75. The van der Waals surface area contributed by atoms with Gasteiger partial charge in [-0.1, -0.05) is 18.5 Å². The summed E-state index contributed by atoms with van der Waals surface area (Å²) in [5, 5.41) is 10.9. The van der Waals surface area contributed by atoms with Crippen LogP contribution in [-0.2, 0) is 14.8 Å². The van der Waals surface area contributed by atoms with E-state index in [4.69, 9.17) is 11.6 Å². The fourth-order valence-electron chi connectivity index (χ4n) is 1.53. The number of nitrogens with zero attached hydrogens (tertiary/aromatic N) is 1. The molecule has 110 valence electrons. The van der Waals surface area contributed by atoms with Gasteiger partial charge in [-0.05, 0) is 19.1 Å². The van der Waals surface area contributed by atoms with E-state index in [0.29, 0.717) is 0 Å². The predicted octanol–water partition coefficient (Wildman–Crippen LogP) is 1.89. The molecule has 0 fully saturated rings. The fourth-order valence-corrected chi connectivity index (χ4v) is 3.07. The molecule has 0 saturated carbocycles. The third-order valence-electron chi connectivity index (χ3n) is 2.57. The molecule has 20 heavy (non-hydrogen) atoms. The number of sulfonamides is 1. The SMILES string of the molecule is CCC(=O)C(C)NS(=O)(=O)c1ccc(Cl)cc1[N+](=O)[O-]. The standard InChI is InChI=1S/C11H13ClN2O5S/c1-3-10(15)7(2)13-20(18,19)11-5-4-8(12)6-9(11)14(16)17/h4-7,13H,3H2,1-2H3. The molecule has 1 unspecified atom stereocenters. The zero-order chi connectivity index (χ0) is 15.5. The number of ketones is 1. The first-order valence-corrected chi connectivity index (χ1v) is 7.54. The summed E-state index contributed by atoms with van der Waals surface area (Å²) < 4.78 is 26.3. The van der Waals surface area contributed by atoms with Crippen LogP contribution in [-0.4, -0.2) is 25.2 Å². The van der Waals surface area contributed by atoms with E-state index >= 15 is 0 Å². The van der Waals surface area contributed by atoms with E-state index in [1.807, 2.05) is 0 Å². The molecule has 0 radical (unpaired) electrons. The number of nitrogens with one attached hydrogen (secondary N) is 1. The van der Waals surface area contributed by atoms with Gasteiger partial charge in [0.2, 0.25) is 10.0 Å². The number of Topliss-reactive ketones (excluding diaryl/α,β-unsaturated/α-hetero) is 1. The van der Waals surface area contributed by atoms with Crippen molar-refractivity contribution in [1.82, 2.24) is 4.72 Å². The predicted molar refractivity (Wildman–Crippen MR) is 73.2 cm³/mol. The number of rotatable bonds is 6. The molecular formula is C11H13ClN2O5S. The Kier molecular flexibility index (Phi) is 5.21. The highest BCUT2D eigenvalue weighted by Gasteiger charge is 2.28. The van der Waals surface area contributed by atoms with Gasteiger partial charge in [-0.2, -0.15) is 0 Å². The maximum Gasteiger partial charge on any atom is 0.290 e. The summed E-state index contributed by atoms with van der Waals surface area (Å²) in [6, 6.07) is 2.25. The first-order valence-electron chi connectivity index (χ1n) is 5.68. The number of halogens is 1. The van der Waals surface area contributed by atoms with Crippen molar-refractivity contribution in [3.05, 3.63) is 33.3 Å². The normalized spacial score (nSPS) is 12.9. The van der Waals surface area contributed by atoms with Crippen molar-refractivity contribution < 1.29 is 18.1 Å². The van der Waals surface area contributed by atoms with Crippen LogP contribution in [0.2, 0.25) is 5.02 Å². The molecule has 0 aliphatic rings. The molecule has 1 aromatic carbocycles. The smallest absolute Gasteiger partial charge is 0.290 e. The fraction of sp³-hybridized carbons (Fsp3) is 0.364. The molecule has 7 nitrogen and oxygen atoms in total. The molecule has 0 bridgehead atoms. The Morgan fingerprint density at radius 3 is 2.60 bits per heavy atom. The van der Waals surface area contributed by atoms with Crippen molar-refractivity contribution in [2.45, 2.75) is 31.2 Å². The Hall–Kier alpha value is -1.51. The average Bonchev–Trinajstić information content (AvgIpc) is 2.36. The van der Waals surface area contributed by atoms with Crippen LogP contribution in [0.15, 0.2) is 23.1 Å². The van der Waals surface area contributed by atoms with Gasteiger partial charge in [0.15, 0.2) is 4.90 Å². The number of hydrogen-bond donors (Lipinski definition) is 1. The zero-order valence-corrected chi connectivity index (χ0v) is 12.4. The molecule has 0 aliphatic carbocycles. The van der Waals surface area contributed by atoms with Crippen LogP contribution in [0.1, 0.15) is 20.3 Å². The van der Waals surface area contributed by atoms with Gasteiger partial charge >= 0.3 is 0 Å². The lowest BCUT2D eigenvalue weighted by molar-refractivity contribution is -0.387. The molecule has 1 rings (SSSR count). The number of benzene rings is 1. The van der Waals surface area contributed by atoms with E-state index in [0.717, 1.165) is 12.1 Å². The lowest BCUT2D eigenvalue weighted by Gasteiger charge is -2.12. The van der Waals surface area contributed by atoms with Crippen LogP contribution >= 0.6 is 11.6 Å². The summed E-state index contributed by atoms with van der Waals surface area (Å²) in [4.78, 5) is 20.9. The Morgan fingerprint density at radius 1 is 1.50 bits per heavy atom. The van der Waals surface area contributed by atoms with Crippen molar-refractivity contribution >= 4 is 33.1 Å². The minimum Gasteiger partial charge on any atom is -0.298 e. The number of carbonyl (C=O) groups excluding carboxylic acids is 1. The summed E-state index contributed by atoms with van der Waals surface area (Å²) in [5.74, 6) is -0.315. The van der Waals surface area contributed by atoms with Crippen molar-refractivity contribution in [3.63, 3.8) is 0 Å². The van der Waals surface area contributed by atoms with Crippen molar-refractivity contribution in [1.29, 1.82) is 0 Å². The maximum atomic E-state index is 12.1. The topological polar surface area (TPSA) is 106 Å². The summed E-state index contributed by atoms with van der Waals surface area (Å²) in [6.45, 7) is 2.98. The van der Waals surface area contributed by atoms with Crippen LogP contribution in [0.4, 0.5) is 5.69 Å². The second-order valence-corrected chi connectivity index (χ2v) is 6.15. The molecular weight excluding hydrogens is 308 g/mol. The second kappa shape index (κ2) is 6.29. The Balaban J connectivity index is 3.23. The van der Waals surface area contributed by atoms with Gasteiger partial charge in [0, 0.05) is 17.5 Å². The van der Waals surface area contributed by atoms with E-state index in [2.05, 4.69) is 4.72 Å². The summed E-state index contributed by atoms with van der Waals surface area (Å²) in [7, 11) is -4.18. The molecule has 1 aromatic rings. The molecule has 9 heteroatoms. The van der Waals surface area contributed by atoms with E-state index in [1.54, 1.807) is 6.92 Å². The molecule has 0 heterocycles. The Labute approximate surface area is 121 Å². The van der Waals surface area contributed by atoms with Crippen LogP contribution in [0.25, 0.3) is 0 Å². The highest BCUT2D eigenvalue weighted by molar-refractivity contribution is 7.89. The van der Waals surface area contributed by atoms with Crippen molar-refractivity contribution in [2.24, 2.45) is 0 Å². The van der Waals surface area contributed by atoms with Gasteiger partial charge in [-0.15, -0.1) is 0 Å². The third-order valence-corrected chi connectivity index (χ3v) is 4.39. The Morgan fingerprint density at radius 2 is 2.10 bits per heavy atom. The number of nitro benzene ring substituents is 1. The summed E-state index contributed by atoms with van der Waals surface area (Å²) in [5.41, 5.74) is -0.638. The lowest BCUT2D eigenvalue weighted by Crippen LogP contribution is -2.38. The molecule has 1 N–H and O–H groups in total.